The molecule has 2 unspecified atom stereocenters. The molecule has 0 bridgehead atoms. The van der Waals surface area contributed by atoms with Gasteiger partial charge in [0.15, 0.2) is 0 Å². The molecule has 1 fully saturated rings. The number of likely N-dealkylation sites (tertiary alicyclic amines) is 1. The minimum Gasteiger partial charge on any atom is -0.468 e. The van der Waals surface area contributed by atoms with E-state index >= 15 is 0 Å². The van der Waals surface area contributed by atoms with E-state index in [4.69, 9.17) is 4.74 Å². The number of amides is 1. The molecule has 1 aliphatic heterocycles. The Morgan fingerprint density at radius 1 is 1.12 bits per heavy atom. The Morgan fingerprint density at radius 2 is 1.64 bits per heavy atom. The summed E-state index contributed by atoms with van der Waals surface area (Å²) in [7, 11) is -1.79. The number of methoxy groups -OCH3 is 1. The average molecular weight is 386 g/mol. The van der Waals surface area contributed by atoms with E-state index in [1.54, 1.807) is 0 Å². The normalized spacial score (nSPS) is 25.0. The van der Waals surface area contributed by atoms with Crippen LogP contribution in [0.3, 0.4) is 0 Å². The number of unbranched alkanes of at least 4 members (excludes halogenated alkanes) is 2. The van der Waals surface area contributed by atoms with E-state index < -0.39 is 22.1 Å². The van der Waals surface area contributed by atoms with Gasteiger partial charge in [-0.3, -0.25) is 9.59 Å². The molecule has 0 spiro atoms. The van der Waals surface area contributed by atoms with Crippen molar-refractivity contribution in [3.05, 3.63) is 0 Å². The van der Waals surface area contributed by atoms with Crippen LogP contribution in [-0.2, 0) is 14.3 Å². The van der Waals surface area contributed by atoms with E-state index in [9.17, 15) is 9.59 Å². The molecule has 0 aromatic rings. The van der Waals surface area contributed by atoms with Crippen LogP contribution in [0.2, 0.25) is 39.3 Å². The number of esters is 1. The van der Waals surface area contributed by atoms with Gasteiger partial charge in [-0.1, -0.05) is 65.5 Å². The quantitative estimate of drug-likeness (QED) is 0.270. The number of hydrogen-bond donors (Lipinski definition) is 0. The molecule has 3 atom stereocenters. The van der Waals surface area contributed by atoms with Crippen LogP contribution in [0.25, 0.3) is 0 Å². The number of ether oxygens (including phenoxy) is 1. The minimum atomic E-state index is -1.60. The monoisotopic (exact) mass is 385 g/mol. The molecule has 1 aliphatic rings. The fourth-order valence-electron chi connectivity index (χ4n) is 4.97. The summed E-state index contributed by atoms with van der Waals surface area (Å²) in [5.74, 6) is -0.838. The molecule has 1 saturated heterocycles. The van der Waals surface area contributed by atoms with E-state index in [-0.39, 0.29) is 23.8 Å². The number of rotatable bonds is 8. The zero-order valence-electron chi connectivity index (χ0n) is 17.8. The second-order valence-electron chi connectivity index (χ2n) is 9.78. The van der Waals surface area contributed by atoms with Gasteiger partial charge in [-0.25, -0.2) is 0 Å². The van der Waals surface area contributed by atoms with Gasteiger partial charge in [0.05, 0.1) is 23.3 Å². The van der Waals surface area contributed by atoms with Gasteiger partial charge in [-0.15, -0.1) is 0 Å². The maximum absolute atomic E-state index is 13.4. The standard InChI is InChI=1S/C19H39NO3Si2/c1-10-11-12-13-15-14(2)20(17(21)16(15)18(22)23-3)19(24(4,5)6)25(7,8)9/h14-16,19H,10-13H2,1-9H3/t14-,15?,16?/m1/s1. The van der Waals surface area contributed by atoms with Gasteiger partial charge < -0.3 is 9.64 Å². The van der Waals surface area contributed by atoms with Crippen LogP contribution in [0.4, 0.5) is 0 Å². The first-order chi connectivity index (χ1) is 11.4. The summed E-state index contributed by atoms with van der Waals surface area (Å²) >= 11 is 0. The summed E-state index contributed by atoms with van der Waals surface area (Å²) in [5.41, 5.74) is 0. The van der Waals surface area contributed by atoms with E-state index in [1.165, 1.54) is 7.11 Å². The van der Waals surface area contributed by atoms with Crippen molar-refractivity contribution >= 4 is 28.0 Å². The molecule has 0 N–H and O–H groups in total. The molecule has 1 rings (SSSR count). The van der Waals surface area contributed by atoms with Crippen molar-refractivity contribution in [2.75, 3.05) is 7.11 Å². The molecule has 0 aromatic heterocycles. The Morgan fingerprint density at radius 3 is 2.04 bits per heavy atom. The van der Waals surface area contributed by atoms with Crippen molar-refractivity contribution in [2.45, 2.75) is 90.1 Å². The van der Waals surface area contributed by atoms with Crippen molar-refractivity contribution < 1.29 is 14.3 Å². The van der Waals surface area contributed by atoms with Crippen LogP contribution in [0.5, 0.6) is 0 Å². The molecular formula is C19H39NO3Si2. The minimum absolute atomic E-state index is 0.0238. The Labute approximate surface area is 156 Å². The first kappa shape index (κ1) is 22.4. The summed E-state index contributed by atoms with van der Waals surface area (Å²) in [6.45, 7) is 18.5. The molecule has 146 valence electrons. The lowest BCUT2D eigenvalue weighted by atomic mass is 9.86. The topological polar surface area (TPSA) is 46.6 Å². The van der Waals surface area contributed by atoms with Crippen molar-refractivity contribution in [1.29, 1.82) is 0 Å². The van der Waals surface area contributed by atoms with E-state index in [0.29, 0.717) is 5.29 Å². The summed E-state index contributed by atoms with van der Waals surface area (Å²) in [6, 6.07) is 0.122. The summed E-state index contributed by atoms with van der Waals surface area (Å²) < 4.78 is 5.02. The van der Waals surface area contributed by atoms with Gasteiger partial charge in [0.2, 0.25) is 5.91 Å². The fraction of sp³-hybridized carbons (Fsp3) is 0.895. The van der Waals surface area contributed by atoms with E-state index in [2.05, 4.69) is 58.0 Å². The lowest BCUT2D eigenvalue weighted by Crippen LogP contribution is -2.65. The van der Waals surface area contributed by atoms with Crippen LogP contribution in [0.1, 0.15) is 39.5 Å². The smallest absolute Gasteiger partial charge is 0.318 e. The van der Waals surface area contributed by atoms with Crippen LogP contribution in [0.15, 0.2) is 0 Å². The van der Waals surface area contributed by atoms with Gasteiger partial charge in [0, 0.05) is 17.2 Å². The highest BCUT2D eigenvalue weighted by Crippen LogP contribution is 2.40. The van der Waals surface area contributed by atoms with Crippen molar-refractivity contribution in [3.63, 3.8) is 0 Å². The molecule has 6 heteroatoms. The largest absolute Gasteiger partial charge is 0.468 e. The number of carbonyl (C=O) groups is 2. The zero-order chi connectivity index (χ0) is 19.6. The number of nitrogens with zero attached hydrogens (tertiary/aromatic N) is 1. The first-order valence-corrected chi connectivity index (χ1v) is 16.9. The Bertz CT molecular complexity index is 468. The van der Waals surface area contributed by atoms with E-state index in [0.717, 1.165) is 25.7 Å². The van der Waals surface area contributed by atoms with Gasteiger partial charge >= 0.3 is 5.97 Å². The molecule has 4 nitrogen and oxygen atoms in total. The fourth-order valence-corrected chi connectivity index (χ4v) is 17.8. The molecule has 25 heavy (non-hydrogen) atoms. The SMILES string of the molecule is CCCCCC1C(C(=O)OC)C(=O)N(C([Si](C)(C)C)[Si](C)(C)C)[C@@H]1C. The van der Waals surface area contributed by atoms with Crippen molar-refractivity contribution in [1.82, 2.24) is 4.90 Å². The van der Waals surface area contributed by atoms with Crippen LogP contribution in [0, 0.1) is 11.8 Å². The van der Waals surface area contributed by atoms with Crippen LogP contribution in [-0.4, -0.2) is 51.4 Å². The number of hydrogen-bond acceptors (Lipinski definition) is 3. The summed E-state index contributed by atoms with van der Waals surface area (Å²) in [6.07, 6.45) is 4.30. The third kappa shape index (κ3) is 4.97. The van der Waals surface area contributed by atoms with Crippen LogP contribution >= 0.6 is 0 Å². The van der Waals surface area contributed by atoms with Crippen LogP contribution < -0.4 is 0 Å². The molecule has 1 heterocycles. The molecule has 0 saturated carbocycles. The maximum Gasteiger partial charge on any atom is 0.318 e. The lowest BCUT2D eigenvalue weighted by Gasteiger charge is -2.47. The Kier molecular flexibility index (Phi) is 7.51. The van der Waals surface area contributed by atoms with Crippen molar-refractivity contribution in [2.24, 2.45) is 11.8 Å². The van der Waals surface area contributed by atoms with Gasteiger partial charge in [-0.2, -0.15) is 0 Å². The second-order valence-corrected chi connectivity index (χ2v) is 20.9. The first-order valence-electron chi connectivity index (χ1n) is 9.77. The highest BCUT2D eigenvalue weighted by Gasteiger charge is 2.56. The highest BCUT2D eigenvalue weighted by molar-refractivity contribution is 6.96. The summed E-state index contributed by atoms with van der Waals surface area (Å²) in [5, 5.41) is 0.339. The zero-order valence-corrected chi connectivity index (χ0v) is 19.8. The molecule has 0 radical (unpaired) electrons. The number of carbonyl (C=O) groups excluding carboxylic acids is 2. The average Bonchev–Trinajstić information content (AvgIpc) is 2.69. The predicted octanol–water partition coefficient (Wildman–Crippen LogP) is 4.33. The maximum atomic E-state index is 13.4. The summed E-state index contributed by atoms with van der Waals surface area (Å²) in [4.78, 5) is 27.9. The molecule has 0 aliphatic carbocycles. The van der Waals surface area contributed by atoms with Gasteiger partial charge in [0.1, 0.15) is 5.92 Å². The highest BCUT2D eigenvalue weighted by atomic mass is 28.4. The van der Waals surface area contributed by atoms with E-state index in [1.807, 2.05) is 0 Å². The molecule has 1 amide bonds. The van der Waals surface area contributed by atoms with Crippen molar-refractivity contribution in [3.8, 4) is 0 Å². The predicted molar refractivity (Wildman–Crippen MR) is 110 cm³/mol. The molecule has 0 aromatic carbocycles. The van der Waals surface area contributed by atoms with Gasteiger partial charge in [0.25, 0.3) is 0 Å². The Hall–Kier alpha value is -0.626. The molecular weight excluding hydrogens is 346 g/mol. The van der Waals surface area contributed by atoms with Gasteiger partial charge in [-0.05, 0) is 13.3 Å². The third-order valence-corrected chi connectivity index (χ3v) is 14.6. The second kappa shape index (κ2) is 8.38. The Balaban J connectivity index is 3.27. The third-order valence-electron chi connectivity index (χ3n) is 5.52. The lowest BCUT2D eigenvalue weighted by molar-refractivity contribution is -0.151.